The number of hydrogen-bond acceptors (Lipinski definition) is 4. The molecule has 0 radical (unpaired) electrons. The average Bonchev–Trinajstić information content (AvgIpc) is 2.99. The van der Waals surface area contributed by atoms with Gasteiger partial charge >= 0.3 is 12.0 Å². The third-order valence-electron chi connectivity index (χ3n) is 4.54. The van der Waals surface area contributed by atoms with Crippen LogP contribution in [0.2, 0.25) is 0 Å². The Bertz CT molecular complexity index is 506. The van der Waals surface area contributed by atoms with Crippen molar-refractivity contribution in [1.29, 1.82) is 0 Å². The summed E-state index contributed by atoms with van der Waals surface area (Å²) in [5, 5.41) is 4.95. The fourth-order valence-corrected chi connectivity index (χ4v) is 3.34. The Balaban J connectivity index is 1.76. The molecule has 2 atom stereocenters. The standard InChI is InChI=1S/C15H22Cl2N2O4/c1-9(23-12(21)14(2)8-15(14,16)17)11(20)19-13(22)18-10-6-4-3-5-7-10/h9-10H,3-8H2,1-2H3,(H2,18,19,20,22)/t9-,14+/m0/s1. The molecule has 0 spiro atoms. The quantitative estimate of drug-likeness (QED) is 0.593. The molecular formula is C15H22Cl2N2O4. The second-order valence-corrected chi connectivity index (χ2v) is 8.04. The normalized spacial score (nSPS) is 27.7. The van der Waals surface area contributed by atoms with Gasteiger partial charge in [-0.1, -0.05) is 19.3 Å². The molecule has 0 aromatic rings. The van der Waals surface area contributed by atoms with Crippen molar-refractivity contribution in [1.82, 2.24) is 10.6 Å². The lowest BCUT2D eigenvalue weighted by molar-refractivity contribution is -0.159. The Morgan fingerprint density at radius 1 is 1.17 bits per heavy atom. The summed E-state index contributed by atoms with van der Waals surface area (Å²) >= 11 is 11.8. The van der Waals surface area contributed by atoms with Gasteiger partial charge in [0, 0.05) is 12.5 Å². The monoisotopic (exact) mass is 364 g/mol. The Hall–Kier alpha value is -1.01. The summed E-state index contributed by atoms with van der Waals surface area (Å²) in [6.07, 6.45) is 4.33. The molecule has 3 amide bonds. The summed E-state index contributed by atoms with van der Waals surface area (Å²) in [6, 6.07) is -0.473. The van der Waals surface area contributed by atoms with E-state index in [4.69, 9.17) is 27.9 Å². The maximum Gasteiger partial charge on any atom is 0.321 e. The highest BCUT2D eigenvalue weighted by Gasteiger charge is 2.69. The maximum atomic E-state index is 12.0. The van der Waals surface area contributed by atoms with Crippen LogP contribution in [0.5, 0.6) is 0 Å². The number of urea groups is 1. The number of carbonyl (C=O) groups excluding carboxylic acids is 3. The zero-order valence-electron chi connectivity index (χ0n) is 13.3. The van der Waals surface area contributed by atoms with E-state index in [1.807, 2.05) is 0 Å². The first-order valence-electron chi connectivity index (χ1n) is 7.86. The predicted molar refractivity (Wildman–Crippen MR) is 86.3 cm³/mol. The fourth-order valence-electron chi connectivity index (χ4n) is 2.65. The van der Waals surface area contributed by atoms with Gasteiger partial charge in [-0.05, 0) is 26.7 Å². The summed E-state index contributed by atoms with van der Waals surface area (Å²) in [6.45, 7) is 2.98. The van der Waals surface area contributed by atoms with E-state index in [0.29, 0.717) is 0 Å². The van der Waals surface area contributed by atoms with Gasteiger partial charge in [0.25, 0.3) is 5.91 Å². The largest absolute Gasteiger partial charge is 0.452 e. The average molecular weight is 365 g/mol. The van der Waals surface area contributed by atoms with Crippen LogP contribution in [-0.2, 0) is 14.3 Å². The lowest BCUT2D eigenvalue weighted by Gasteiger charge is -2.23. The van der Waals surface area contributed by atoms with E-state index < -0.39 is 33.8 Å². The van der Waals surface area contributed by atoms with Gasteiger partial charge < -0.3 is 10.1 Å². The highest BCUT2D eigenvalue weighted by Crippen LogP contribution is 2.64. The number of halogens is 2. The molecule has 6 nitrogen and oxygen atoms in total. The number of imide groups is 1. The van der Waals surface area contributed by atoms with E-state index in [-0.39, 0.29) is 12.5 Å². The molecular weight excluding hydrogens is 343 g/mol. The summed E-state index contributed by atoms with van der Waals surface area (Å²) < 4.78 is 3.91. The molecule has 8 heteroatoms. The topological polar surface area (TPSA) is 84.5 Å². The fraction of sp³-hybridized carbons (Fsp3) is 0.800. The van der Waals surface area contributed by atoms with Crippen molar-refractivity contribution in [2.24, 2.45) is 5.41 Å². The smallest absolute Gasteiger partial charge is 0.321 e. The first-order valence-corrected chi connectivity index (χ1v) is 8.61. The molecule has 23 heavy (non-hydrogen) atoms. The molecule has 2 aliphatic rings. The third-order valence-corrected chi connectivity index (χ3v) is 5.64. The van der Waals surface area contributed by atoms with Gasteiger partial charge in [-0.3, -0.25) is 14.9 Å². The molecule has 130 valence electrons. The minimum atomic E-state index is -1.15. The number of ether oxygens (including phenoxy) is 1. The van der Waals surface area contributed by atoms with Crippen molar-refractivity contribution >= 4 is 41.1 Å². The van der Waals surface area contributed by atoms with Gasteiger partial charge in [-0.2, -0.15) is 0 Å². The Kier molecular flexibility index (Phi) is 5.46. The Morgan fingerprint density at radius 2 is 1.74 bits per heavy atom. The van der Waals surface area contributed by atoms with Gasteiger partial charge in [0.2, 0.25) is 0 Å². The van der Waals surface area contributed by atoms with Crippen molar-refractivity contribution < 1.29 is 19.1 Å². The number of alkyl halides is 2. The summed E-state index contributed by atoms with van der Waals surface area (Å²) in [7, 11) is 0. The predicted octanol–water partition coefficient (Wildman–Crippen LogP) is 2.66. The number of esters is 1. The van der Waals surface area contributed by atoms with Crippen LogP contribution in [0.1, 0.15) is 52.4 Å². The molecule has 0 heterocycles. The first kappa shape index (κ1) is 18.3. The summed E-state index contributed by atoms with van der Waals surface area (Å²) in [4.78, 5) is 35.7. The molecule has 2 N–H and O–H groups in total. The van der Waals surface area contributed by atoms with Gasteiger partial charge in [0.1, 0.15) is 9.75 Å². The molecule has 0 aromatic heterocycles. The Morgan fingerprint density at radius 3 is 2.26 bits per heavy atom. The molecule has 0 aliphatic heterocycles. The van der Waals surface area contributed by atoms with Crippen LogP contribution in [0.25, 0.3) is 0 Å². The molecule has 0 aromatic carbocycles. The lowest BCUT2D eigenvalue weighted by Crippen LogP contribution is -2.48. The summed E-state index contributed by atoms with van der Waals surface area (Å²) in [5.41, 5.74) is -1.00. The first-order chi connectivity index (χ1) is 10.7. The number of amides is 3. The van der Waals surface area contributed by atoms with Crippen LogP contribution < -0.4 is 10.6 Å². The molecule has 2 rings (SSSR count). The zero-order valence-corrected chi connectivity index (χ0v) is 14.8. The van der Waals surface area contributed by atoms with Crippen molar-refractivity contribution in [3.8, 4) is 0 Å². The van der Waals surface area contributed by atoms with E-state index in [9.17, 15) is 14.4 Å². The van der Waals surface area contributed by atoms with Gasteiger partial charge in [0.05, 0.1) is 0 Å². The van der Waals surface area contributed by atoms with Crippen LogP contribution in [-0.4, -0.2) is 34.4 Å². The van der Waals surface area contributed by atoms with Gasteiger partial charge in [-0.25, -0.2) is 4.79 Å². The van der Waals surface area contributed by atoms with Gasteiger partial charge in [0.15, 0.2) is 6.10 Å². The number of hydrogen-bond donors (Lipinski definition) is 2. The van der Waals surface area contributed by atoms with Crippen LogP contribution in [0.15, 0.2) is 0 Å². The van der Waals surface area contributed by atoms with Crippen molar-refractivity contribution in [2.45, 2.75) is 68.9 Å². The highest BCUT2D eigenvalue weighted by atomic mass is 35.5. The SMILES string of the molecule is C[C@H](OC(=O)[C@@]1(C)CC1(Cl)Cl)C(=O)NC(=O)NC1CCCCC1. The van der Waals surface area contributed by atoms with E-state index >= 15 is 0 Å². The number of carbonyl (C=O) groups is 3. The number of nitrogens with one attached hydrogen (secondary N) is 2. The van der Waals surface area contributed by atoms with Crippen molar-refractivity contribution in [3.63, 3.8) is 0 Å². The van der Waals surface area contributed by atoms with Crippen molar-refractivity contribution in [2.75, 3.05) is 0 Å². The van der Waals surface area contributed by atoms with Crippen molar-refractivity contribution in [3.05, 3.63) is 0 Å². The van der Waals surface area contributed by atoms with Crippen LogP contribution in [0, 0.1) is 5.41 Å². The molecule has 0 unspecified atom stereocenters. The van der Waals surface area contributed by atoms with Crippen LogP contribution in [0.4, 0.5) is 4.79 Å². The molecule has 2 aliphatic carbocycles. The Labute approximate surface area is 145 Å². The molecule has 2 saturated carbocycles. The molecule has 0 saturated heterocycles. The molecule has 0 bridgehead atoms. The van der Waals surface area contributed by atoms with E-state index in [1.54, 1.807) is 6.92 Å². The van der Waals surface area contributed by atoms with E-state index in [2.05, 4.69) is 10.6 Å². The van der Waals surface area contributed by atoms with Crippen LogP contribution >= 0.6 is 23.2 Å². The van der Waals surface area contributed by atoms with E-state index in [1.165, 1.54) is 13.3 Å². The number of rotatable bonds is 4. The lowest BCUT2D eigenvalue weighted by atomic mass is 9.96. The highest BCUT2D eigenvalue weighted by molar-refractivity contribution is 6.53. The van der Waals surface area contributed by atoms with Crippen LogP contribution in [0.3, 0.4) is 0 Å². The minimum Gasteiger partial charge on any atom is -0.452 e. The van der Waals surface area contributed by atoms with E-state index in [0.717, 1.165) is 25.7 Å². The minimum absolute atomic E-state index is 0.0906. The second-order valence-electron chi connectivity index (χ2n) is 6.56. The zero-order chi connectivity index (χ0) is 17.3. The molecule has 2 fully saturated rings. The van der Waals surface area contributed by atoms with Gasteiger partial charge in [-0.15, -0.1) is 23.2 Å². The summed E-state index contributed by atoms with van der Waals surface area (Å²) in [5.74, 6) is -1.32. The second kappa shape index (κ2) is 6.85. The third kappa shape index (κ3) is 4.29. The maximum absolute atomic E-state index is 12.0.